The fourth-order valence-electron chi connectivity index (χ4n) is 3.12. The summed E-state index contributed by atoms with van der Waals surface area (Å²) in [7, 11) is 0. The van der Waals surface area contributed by atoms with Gasteiger partial charge in [-0.2, -0.15) is 5.10 Å². The van der Waals surface area contributed by atoms with Crippen molar-refractivity contribution in [3.05, 3.63) is 63.6 Å². The molecule has 2 amide bonds. The minimum absolute atomic E-state index is 0.0873. The molecular formula is C22H26N4O2S. The van der Waals surface area contributed by atoms with Crippen molar-refractivity contribution in [1.29, 1.82) is 0 Å². The van der Waals surface area contributed by atoms with Gasteiger partial charge in [-0.25, -0.2) is 0 Å². The molecule has 0 aliphatic heterocycles. The van der Waals surface area contributed by atoms with Crippen molar-refractivity contribution in [3.63, 3.8) is 0 Å². The lowest BCUT2D eigenvalue weighted by Gasteiger charge is -2.09. The predicted octanol–water partition coefficient (Wildman–Crippen LogP) is 4.65. The second-order valence-corrected chi connectivity index (χ2v) is 8.41. The van der Waals surface area contributed by atoms with Crippen LogP contribution in [0.3, 0.4) is 0 Å². The SMILES string of the molecule is Cc1nn(CC(C)C)c(C)c1CC(=O)Nc1ccc(NC(=O)c2cccs2)cc1. The van der Waals surface area contributed by atoms with Gasteiger partial charge >= 0.3 is 0 Å². The molecule has 0 aliphatic carbocycles. The quantitative estimate of drug-likeness (QED) is 0.595. The molecule has 0 radical (unpaired) electrons. The molecule has 7 heteroatoms. The van der Waals surface area contributed by atoms with Crippen LogP contribution in [0.4, 0.5) is 11.4 Å². The molecule has 6 nitrogen and oxygen atoms in total. The molecule has 1 aromatic carbocycles. The summed E-state index contributed by atoms with van der Waals surface area (Å²) in [6.07, 6.45) is 0.284. The lowest BCUT2D eigenvalue weighted by atomic mass is 10.1. The van der Waals surface area contributed by atoms with Crippen LogP contribution in [0.25, 0.3) is 0 Å². The Labute approximate surface area is 175 Å². The molecule has 29 heavy (non-hydrogen) atoms. The number of amides is 2. The molecule has 0 saturated heterocycles. The van der Waals surface area contributed by atoms with Crippen LogP contribution in [0.2, 0.25) is 0 Å². The third-order valence-corrected chi connectivity index (χ3v) is 5.45. The van der Waals surface area contributed by atoms with Crippen LogP contribution in [-0.2, 0) is 17.8 Å². The highest BCUT2D eigenvalue weighted by atomic mass is 32.1. The third kappa shape index (κ3) is 5.32. The van der Waals surface area contributed by atoms with Crippen LogP contribution in [-0.4, -0.2) is 21.6 Å². The molecule has 2 heterocycles. The van der Waals surface area contributed by atoms with Crippen LogP contribution in [0.15, 0.2) is 41.8 Å². The summed E-state index contributed by atoms with van der Waals surface area (Å²) < 4.78 is 1.98. The number of carbonyl (C=O) groups excluding carboxylic acids is 2. The highest BCUT2D eigenvalue weighted by Gasteiger charge is 2.16. The van der Waals surface area contributed by atoms with E-state index in [9.17, 15) is 9.59 Å². The number of nitrogens with one attached hydrogen (secondary N) is 2. The molecule has 2 N–H and O–H groups in total. The van der Waals surface area contributed by atoms with Crippen LogP contribution in [0, 0.1) is 19.8 Å². The Balaban J connectivity index is 1.60. The van der Waals surface area contributed by atoms with Gasteiger partial charge in [0.15, 0.2) is 0 Å². The maximum absolute atomic E-state index is 12.5. The van der Waals surface area contributed by atoms with E-state index in [1.165, 1.54) is 11.3 Å². The largest absolute Gasteiger partial charge is 0.326 e. The number of nitrogens with zero attached hydrogens (tertiary/aromatic N) is 2. The van der Waals surface area contributed by atoms with Crippen molar-refractivity contribution >= 4 is 34.5 Å². The summed E-state index contributed by atoms with van der Waals surface area (Å²) >= 11 is 1.39. The summed E-state index contributed by atoms with van der Waals surface area (Å²) in [6, 6.07) is 10.7. The summed E-state index contributed by atoms with van der Waals surface area (Å²) in [4.78, 5) is 25.3. The van der Waals surface area contributed by atoms with Gasteiger partial charge in [0.25, 0.3) is 5.91 Å². The number of anilines is 2. The topological polar surface area (TPSA) is 76.0 Å². The zero-order chi connectivity index (χ0) is 21.0. The number of rotatable bonds is 7. The van der Waals surface area contributed by atoms with E-state index in [0.717, 1.165) is 23.5 Å². The van der Waals surface area contributed by atoms with Crippen molar-refractivity contribution in [2.24, 2.45) is 5.92 Å². The second-order valence-electron chi connectivity index (χ2n) is 7.46. The van der Waals surface area contributed by atoms with E-state index in [2.05, 4.69) is 29.6 Å². The van der Waals surface area contributed by atoms with Gasteiger partial charge in [-0.05, 0) is 55.5 Å². The summed E-state index contributed by atoms with van der Waals surface area (Å²) in [6.45, 7) is 9.09. The summed E-state index contributed by atoms with van der Waals surface area (Å²) in [5.41, 5.74) is 4.28. The Morgan fingerprint density at radius 2 is 1.72 bits per heavy atom. The van der Waals surface area contributed by atoms with Gasteiger partial charge in [0.1, 0.15) is 0 Å². The van der Waals surface area contributed by atoms with E-state index < -0.39 is 0 Å². The van der Waals surface area contributed by atoms with Gasteiger partial charge in [0.05, 0.1) is 17.0 Å². The third-order valence-electron chi connectivity index (χ3n) is 4.58. The molecule has 0 spiro atoms. The molecule has 0 saturated carbocycles. The molecule has 0 bridgehead atoms. The van der Waals surface area contributed by atoms with Crippen molar-refractivity contribution in [2.75, 3.05) is 10.6 Å². The molecule has 3 aromatic rings. The average molecular weight is 411 g/mol. The van der Waals surface area contributed by atoms with Crippen LogP contribution < -0.4 is 10.6 Å². The molecule has 0 aliphatic rings. The Hall–Kier alpha value is -2.93. The van der Waals surface area contributed by atoms with Gasteiger partial charge in [-0.1, -0.05) is 19.9 Å². The zero-order valence-electron chi connectivity index (χ0n) is 17.2. The van der Waals surface area contributed by atoms with Crippen LogP contribution in [0.1, 0.15) is 40.5 Å². The maximum Gasteiger partial charge on any atom is 0.265 e. The van der Waals surface area contributed by atoms with E-state index in [1.807, 2.05) is 30.0 Å². The van der Waals surface area contributed by atoms with Gasteiger partial charge in [-0.15, -0.1) is 11.3 Å². The van der Waals surface area contributed by atoms with E-state index in [1.54, 1.807) is 30.3 Å². The molecule has 2 aromatic heterocycles. The minimum Gasteiger partial charge on any atom is -0.326 e. The number of hydrogen-bond donors (Lipinski definition) is 2. The minimum atomic E-state index is -0.138. The standard InChI is InChI=1S/C22H26N4O2S/c1-14(2)13-26-16(4)19(15(3)25-26)12-21(27)23-17-7-9-18(10-8-17)24-22(28)20-6-5-11-29-20/h5-11,14H,12-13H2,1-4H3,(H,23,27)(H,24,28). The Kier molecular flexibility index (Phi) is 6.49. The van der Waals surface area contributed by atoms with Crippen molar-refractivity contribution in [3.8, 4) is 0 Å². The predicted molar refractivity (Wildman–Crippen MR) is 118 cm³/mol. The molecule has 0 atom stereocenters. The lowest BCUT2D eigenvalue weighted by molar-refractivity contribution is -0.115. The molecule has 0 unspecified atom stereocenters. The molecule has 0 fully saturated rings. The number of thiophene rings is 1. The molecule has 152 valence electrons. The van der Waals surface area contributed by atoms with E-state index >= 15 is 0 Å². The Morgan fingerprint density at radius 1 is 1.07 bits per heavy atom. The molecular weight excluding hydrogens is 384 g/mol. The van der Waals surface area contributed by atoms with Crippen molar-refractivity contribution in [2.45, 2.75) is 40.7 Å². The van der Waals surface area contributed by atoms with Gasteiger partial charge in [-0.3, -0.25) is 14.3 Å². The fraction of sp³-hybridized carbons (Fsp3) is 0.318. The first-order valence-electron chi connectivity index (χ1n) is 9.61. The fourth-order valence-corrected chi connectivity index (χ4v) is 3.74. The summed E-state index contributed by atoms with van der Waals surface area (Å²) in [5.74, 6) is 0.269. The first-order chi connectivity index (χ1) is 13.8. The first-order valence-corrected chi connectivity index (χ1v) is 10.5. The van der Waals surface area contributed by atoms with Crippen LogP contribution in [0.5, 0.6) is 0 Å². The van der Waals surface area contributed by atoms with Crippen molar-refractivity contribution < 1.29 is 9.59 Å². The summed E-state index contributed by atoms with van der Waals surface area (Å²) in [5, 5.41) is 12.2. The number of benzene rings is 1. The first kappa shape index (κ1) is 20.8. The highest BCUT2D eigenvalue weighted by Crippen LogP contribution is 2.19. The number of carbonyl (C=O) groups is 2. The number of hydrogen-bond acceptors (Lipinski definition) is 4. The Morgan fingerprint density at radius 3 is 2.31 bits per heavy atom. The Bertz CT molecular complexity index is 989. The maximum atomic E-state index is 12.5. The monoisotopic (exact) mass is 410 g/mol. The van der Waals surface area contributed by atoms with E-state index in [4.69, 9.17) is 0 Å². The smallest absolute Gasteiger partial charge is 0.265 e. The van der Waals surface area contributed by atoms with Crippen LogP contribution >= 0.6 is 11.3 Å². The van der Waals surface area contributed by atoms with Gasteiger partial charge < -0.3 is 10.6 Å². The van der Waals surface area contributed by atoms with E-state index in [-0.39, 0.29) is 18.2 Å². The van der Waals surface area contributed by atoms with Gasteiger partial charge in [0, 0.05) is 29.2 Å². The van der Waals surface area contributed by atoms with Crippen molar-refractivity contribution in [1.82, 2.24) is 9.78 Å². The zero-order valence-corrected chi connectivity index (χ0v) is 18.0. The second kappa shape index (κ2) is 9.05. The number of aryl methyl sites for hydroxylation is 1. The molecule has 3 rings (SSSR count). The normalized spacial score (nSPS) is 10.9. The highest BCUT2D eigenvalue weighted by molar-refractivity contribution is 7.12. The average Bonchev–Trinajstić information content (AvgIpc) is 3.28. The van der Waals surface area contributed by atoms with Gasteiger partial charge in [0.2, 0.25) is 5.91 Å². The lowest BCUT2D eigenvalue weighted by Crippen LogP contribution is -2.16. The number of aromatic nitrogens is 2. The van der Waals surface area contributed by atoms with E-state index in [0.29, 0.717) is 22.2 Å².